The van der Waals surface area contributed by atoms with E-state index in [0.29, 0.717) is 18.1 Å². The molecular formula is C13H18N6O2. The minimum Gasteiger partial charge on any atom is -0.480 e. The summed E-state index contributed by atoms with van der Waals surface area (Å²) in [5.74, 6) is -0.00228. The number of nitrogens with zero attached hydrogens (tertiary/aromatic N) is 4. The first kappa shape index (κ1) is 14.8. The number of rotatable bonds is 7. The van der Waals surface area contributed by atoms with Crippen LogP contribution in [0.25, 0.3) is 5.82 Å². The van der Waals surface area contributed by atoms with E-state index in [4.69, 9.17) is 5.73 Å². The average Bonchev–Trinajstić information content (AvgIpc) is 2.96. The molecule has 0 fully saturated rings. The van der Waals surface area contributed by atoms with Crippen LogP contribution in [0.1, 0.15) is 26.2 Å². The highest BCUT2D eigenvalue weighted by Crippen LogP contribution is 2.14. The molecule has 112 valence electrons. The summed E-state index contributed by atoms with van der Waals surface area (Å²) in [6, 6.07) is 2.67. The van der Waals surface area contributed by atoms with E-state index in [1.54, 1.807) is 24.5 Å². The van der Waals surface area contributed by atoms with Crippen molar-refractivity contribution in [2.24, 2.45) is 0 Å². The lowest BCUT2D eigenvalue weighted by molar-refractivity contribution is -0.138. The quantitative estimate of drug-likeness (QED) is 0.703. The van der Waals surface area contributed by atoms with E-state index in [1.165, 1.54) is 4.68 Å². The number of nitrogens with two attached hydrogens (primary N) is 1. The molecule has 4 N–H and O–H groups in total. The van der Waals surface area contributed by atoms with Crippen molar-refractivity contribution in [3.8, 4) is 5.82 Å². The number of aromatic nitrogens is 4. The molecule has 0 amide bonds. The second-order valence-corrected chi connectivity index (χ2v) is 4.60. The van der Waals surface area contributed by atoms with Gasteiger partial charge >= 0.3 is 5.97 Å². The van der Waals surface area contributed by atoms with Crippen molar-refractivity contribution in [3.05, 3.63) is 24.5 Å². The van der Waals surface area contributed by atoms with Crippen molar-refractivity contribution in [3.63, 3.8) is 0 Å². The number of anilines is 2. The van der Waals surface area contributed by atoms with Gasteiger partial charge in [-0.15, -0.1) is 0 Å². The van der Waals surface area contributed by atoms with E-state index in [2.05, 4.69) is 20.4 Å². The highest BCUT2D eigenvalue weighted by atomic mass is 16.4. The van der Waals surface area contributed by atoms with Crippen molar-refractivity contribution in [2.45, 2.75) is 32.2 Å². The number of hydrogen-bond acceptors (Lipinski definition) is 6. The molecule has 2 rings (SSSR count). The predicted octanol–water partition coefficient (Wildman–Crippen LogP) is 1.30. The summed E-state index contributed by atoms with van der Waals surface area (Å²) in [7, 11) is 0. The molecule has 0 spiro atoms. The van der Waals surface area contributed by atoms with Crippen molar-refractivity contribution < 1.29 is 9.90 Å². The first-order valence-corrected chi connectivity index (χ1v) is 6.74. The maximum atomic E-state index is 11.3. The standard InChI is InChI=1S/C13H18N6O2/c1-2-3-5-9(12(20)21)16-10-8-11(18-13(14)17-10)19-7-4-6-15-19/h4,6-9H,2-3,5H2,1H3,(H,20,21)(H3,14,16,17,18)/t9-/m0/s1. The minimum absolute atomic E-state index is 0.0603. The van der Waals surface area contributed by atoms with Crippen LogP contribution in [-0.2, 0) is 4.79 Å². The maximum absolute atomic E-state index is 11.3. The van der Waals surface area contributed by atoms with Crippen LogP contribution in [0.5, 0.6) is 0 Å². The molecule has 0 unspecified atom stereocenters. The normalized spacial score (nSPS) is 12.0. The molecule has 0 saturated heterocycles. The minimum atomic E-state index is -0.915. The largest absolute Gasteiger partial charge is 0.480 e. The fourth-order valence-corrected chi connectivity index (χ4v) is 1.89. The van der Waals surface area contributed by atoms with Crippen molar-refractivity contribution in [1.82, 2.24) is 19.7 Å². The van der Waals surface area contributed by atoms with Crippen LogP contribution in [0.4, 0.5) is 11.8 Å². The Morgan fingerprint density at radius 2 is 2.33 bits per heavy atom. The number of nitrogens with one attached hydrogen (secondary N) is 1. The third-order valence-corrected chi connectivity index (χ3v) is 2.94. The van der Waals surface area contributed by atoms with Gasteiger partial charge in [0.2, 0.25) is 5.95 Å². The summed E-state index contributed by atoms with van der Waals surface area (Å²) >= 11 is 0. The van der Waals surface area contributed by atoms with Gasteiger partial charge in [-0.2, -0.15) is 15.1 Å². The average molecular weight is 290 g/mol. The lowest BCUT2D eigenvalue weighted by atomic mass is 10.1. The molecule has 21 heavy (non-hydrogen) atoms. The molecule has 2 aromatic heterocycles. The molecule has 0 aliphatic heterocycles. The number of aliphatic carboxylic acids is 1. The van der Waals surface area contributed by atoms with Gasteiger partial charge < -0.3 is 16.2 Å². The fourth-order valence-electron chi connectivity index (χ4n) is 1.89. The maximum Gasteiger partial charge on any atom is 0.326 e. The number of nitrogen functional groups attached to an aromatic ring is 1. The van der Waals surface area contributed by atoms with Gasteiger partial charge in [-0.25, -0.2) is 9.48 Å². The van der Waals surface area contributed by atoms with Crippen molar-refractivity contribution in [2.75, 3.05) is 11.1 Å². The third kappa shape index (κ3) is 3.91. The Morgan fingerprint density at radius 1 is 1.52 bits per heavy atom. The second kappa shape index (κ2) is 6.69. The van der Waals surface area contributed by atoms with Gasteiger partial charge in [0.05, 0.1) is 0 Å². The summed E-state index contributed by atoms with van der Waals surface area (Å²) in [5.41, 5.74) is 5.67. The lowest BCUT2D eigenvalue weighted by Gasteiger charge is -2.15. The summed E-state index contributed by atoms with van der Waals surface area (Å²) in [6.45, 7) is 2.01. The molecule has 2 heterocycles. The third-order valence-electron chi connectivity index (χ3n) is 2.94. The van der Waals surface area contributed by atoms with Gasteiger partial charge in [-0.1, -0.05) is 19.8 Å². The molecule has 2 aromatic rings. The molecule has 1 atom stereocenters. The van der Waals surface area contributed by atoms with Crippen LogP contribution < -0.4 is 11.1 Å². The van der Waals surface area contributed by atoms with Crippen LogP contribution in [0.3, 0.4) is 0 Å². The van der Waals surface area contributed by atoms with E-state index in [-0.39, 0.29) is 5.95 Å². The monoisotopic (exact) mass is 290 g/mol. The molecule has 0 bridgehead atoms. The number of unbranched alkanes of at least 4 members (excludes halogenated alkanes) is 1. The van der Waals surface area contributed by atoms with Gasteiger partial charge in [0, 0.05) is 18.5 Å². The molecule has 8 heteroatoms. The highest BCUT2D eigenvalue weighted by Gasteiger charge is 2.17. The molecule has 0 aliphatic rings. The van der Waals surface area contributed by atoms with E-state index in [9.17, 15) is 9.90 Å². The summed E-state index contributed by atoms with van der Waals surface area (Å²) in [5, 5.41) is 16.2. The van der Waals surface area contributed by atoms with Crippen LogP contribution in [0.15, 0.2) is 24.5 Å². The molecule has 8 nitrogen and oxygen atoms in total. The first-order chi connectivity index (χ1) is 10.1. The molecule has 0 aromatic carbocycles. The number of hydrogen-bond donors (Lipinski definition) is 3. The Labute approximate surface area is 122 Å². The zero-order valence-corrected chi connectivity index (χ0v) is 11.7. The van der Waals surface area contributed by atoms with Crippen LogP contribution in [0.2, 0.25) is 0 Å². The molecule has 0 saturated carbocycles. The summed E-state index contributed by atoms with van der Waals surface area (Å²) in [6.07, 6.45) is 5.60. The van der Waals surface area contributed by atoms with E-state index in [1.807, 2.05) is 6.92 Å². The number of carboxylic acid groups (broad SMARTS) is 1. The van der Waals surface area contributed by atoms with E-state index >= 15 is 0 Å². The Bertz CT molecular complexity index is 599. The van der Waals surface area contributed by atoms with Gasteiger partial charge in [0.1, 0.15) is 11.9 Å². The second-order valence-electron chi connectivity index (χ2n) is 4.60. The van der Waals surface area contributed by atoms with Gasteiger partial charge in [0.15, 0.2) is 5.82 Å². The Balaban J connectivity index is 2.21. The highest BCUT2D eigenvalue weighted by molar-refractivity contribution is 5.77. The molecule has 0 aliphatic carbocycles. The van der Waals surface area contributed by atoms with Crippen LogP contribution >= 0.6 is 0 Å². The zero-order valence-electron chi connectivity index (χ0n) is 11.7. The van der Waals surface area contributed by atoms with Crippen LogP contribution in [-0.4, -0.2) is 36.9 Å². The summed E-state index contributed by atoms with van der Waals surface area (Å²) in [4.78, 5) is 19.3. The van der Waals surface area contributed by atoms with Gasteiger partial charge in [-0.3, -0.25) is 0 Å². The van der Waals surface area contributed by atoms with E-state index < -0.39 is 12.0 Å². The number of carbonyl (C=O) groups is 1. The Kier molecular flexibility index (Phi) is 4.70. The number of carboxylic acids is 1. The summed E-state index contributed by atoms with van der Waals surface area (Å²) < 4.78 is 1.53. The predicted molar refractivity (Wildman–Crippen MR) is 78.1 cm³/mol. The SMILES string of the molecule is CCCC[C@H](Nc1cc(-n2cccn2)nc(N)n1)C(=O)O. The smallest absolute Gasteiger partial charge is 0.326 e. The fraction of sp³-hybridized carbons (Fsp3) is 0.385. The Hall–Kier alpha value is -2.64. The molecular weight excluding hydrogens is 272 g/mol. The van der Waals surface area contributed by atoms with E-state index in [0.717, 1.165) is 12.8 Å². The zero-order chi connectivity index (χ0) is 15.2. The lowest BCUT2D eigenvalue weighted by Crippen LogP contribution is -2.29. The first-order valence-electron chi connectivity index (χ1n) is 6.74. The van der Waals surface area contributed by atoms with Crippen LogP contribution in [0, 0.1) is 0 Å². The molecule has 0 radical (unpaired) electrons. The van der Waals surface area contributed by atoms with Crippen molar-refractivity contribution in [1.29, 1.82) is 0 Å². The van der Waals surface area contributed by atoms with Gasteiger partial charge in [-0.05, 0) is 12.5 Å². The van der Waals surface area contributed by atoms with Crippen molar-refractivity contribution >= 4 is 17.7 Å². The topological polar surface area (TPSA) is 119 Å². The Morgan fingerprint density at radius 3 is 2.95 bits per heavy atom. The van der Waals surface area contributed by atoms with Gasteiger partial charge in [0.25, 0.3) is 0 Å².